The van der Waals surface area contributed by atoms with E-state index < -0.39 is 0 Å². The van der Waals surface area contributed by atoms with Crippen LogP contribution in [0.3, 0.4) is 0 Å². The van der Waals surface area contributed by atoms with E-state index in [0.717, 1.165) is 33.2 Å². The summed E-state index contributed by atoms with van der Waals surface area (Å²) in [6.45, 7) is 2.11. The first-order chi connectivity index (χ1) is 10.8. The number of nitrogens with zero attached hydrogens (tertiary/aromatic N) is 1. The molecule has 0 spiro atoms. The first-order valence-corrected chi connectivity index (χ1v) is 7.28. The standard InChI is InChI=1S/C19H16N2O/c1-12-18(13-6-4-3-5-7-13)16-11-20-17-9-8-14(22-2)10-15(17)19(16)21-12/h3-11,21H,1-2H3. The number of nitrogens with one attached hydrogen (secondary N) is 1. The maximum Gasteiger partial charge on any atom is 0.119 e. The van der Waals surface area contributed by atoms with E-state index in [-0.39, 0.29) is 0 Å². The van der Waals surface area contributed by atoms with Crippen LogP contribution >= 0.6 is 0 Å². The van der Waals surface area contributed by atoms with Crippen molar-refractivity contribution in [2.24, 2.45) is 0 Å². The Bertz CT molecular complexity index is 971. The van der Waals surface area contributed by atoms with Crippen molar-refractivity contribution in [2.45, 2.75) is 6.92 Å². The molecular formula is C19H16N2O. The molecule has 0 unspecified atom stereocenters. The minimum atomic E-state index is 0.843. The third-order valence-electron chi connectivity index (χ3n) is 4.09. The topological polar surface area (TPSA) is 37.9 Å². The van der Waals surface area contributed by atoms with Crippen LogP contribution in [-0.4, -0.2) is 17.1 Å². The van der Waals surface area contributed by atoms with E-state index >= 15 is 0 Å². The monoisotopic (exact) mass is 288 g/mol. The fourth-order valence-corrected chi connectivity index (χ4v) is 3.05. The smallest absolute Gasteiger partial charge is 0.119 e. The van der Waals surface area contributed by atoms with E-state index in [4.69, 9.17) is 4.74 Å². The summed E-state index contributed by atoms with van der Waals surface area (Å²) in [4.78, 5) is 8.13. The molecule has 0 saturated carbocycles. The third-order valence-corrected chi connectivity index (χ3v) is 4.09. The second-order valence-corrected chi connectivity index (χ2v) is 5.42. The zero-order valence-electron chi connectivity index (χ0n) is 12.6. The van der Waals surface area contributed by atoms with Crippen molar-refractivity contribution in [1.29, 1.82) is 0 Å². The molecule has 3 nitrogen and oxygen atoms in total. The number of pyridine rings is 1. The molecule has 0 fully saturated rings. The molecule has 2 aromatic carbocycles. The van der Waals surface area contributed by atoms with E-state index in [1.807, 2.05) is 30.5 Å². The quantitative estimate of drug-likeness (QED) is 0.580. The Morgan fingerprint density at radius 3 is 2.59 bits per heavy atom. The van der Waals surface area contributed by atoms with Crippen molar-refractivity contribution < 1.29 is 4.74 Å². The maximum absolute atomic E-state index is 5.35. The number of fused-ring (bicyclic) bond motifs is 3. The summed E-state index contributed by atoms with van der Waals surface area (Å²) in [5.41, 5.74) is 5.65. The predicted octanol–water partition coefficient (Wildman–Crippen LogP) is 4.70. The molecule has 2 aromatic heterocycles. The molecule has 0 aliphatic heterocycles. The summed E-state index contributed by atoms with van der Waals surface area (Å²) >= 11 is 0. The number of aryl methyl sites for hydroxylation is 1. The molecule has 0 bridgehead atoms. The van der Waals surface area contributed by atoms with Crippen molar-refractivity contribution in [3.05, 3.63) is 60.4 Å². The van der Waals surface area contributed by atoms with Crippen molar-refractivity contribution in [2.75, 3.05) is 7.11 Å². The lowest BCUT2D eigenvalue weighted by Crippen LogP contribution is -1.85. The number of H-pyrrole nitrogens is 1. The van der Waals surface area contributed by atoms with Crippen LogP contribution in [0.15, 0.2) is 54.7 Å². The SMILES string of the molecule is COc1ccc2ncc3c(-c4ccccc4)c(C)[nH]c3c2c1. The van der Waals surface area contributed by atoms with Gasteiger partial charge in [0.1, 0.15) is 5.75 Å². The maximum atomic E-state index is 5.35. The van der Waals surface area contributed by atoms with Crippen molar-refractivity contribution in [1.82, 2.24) is 9.97 Å². The second-order valence-electron chi connectivity index (χ2n) is 5.42. The van der Waals surface area contributed by atoms with Crippen molar-refractivity contribution >= 4 is 21.8 Å². The second kappa shape index (κ2) is 4.88. The molecule has 108 valence electrons. The molecule has 22 heavy (non-hydrogen) atoms. The lowest BCUT2D eigenvalue weighted by atomic mass is 10.0. The van der Waals surface area contributed by atoms with Crippen LogP contribution in [0, 0.1) is 6.92 Å². The van der Waals surface area contributed by atoms with E-state index in [1.54, 1.807) is 7.11 Å². The molecule has 4 rings (SSSR count). The lowest BCUT2D eigenvalue weighted by molar-refractivity contribution is 0.415. The van der Waals surface area contributed by atoms with Gasteiger partial charge in [-0.3, -0.25) is 4.98 Å². The van der Waals surface area contributed by atoms with Crippen molar-refractivity contribution in [3.63, 3.8) is 0 Å². The molecule has 0 atom stereocenters. The van der Waals surface area contributed by atoms with Gasteiger partial charge in [-0.1, -0.05) is 30.3 Å². The molecule has 0 amide bonds. The fourth-order valence-electron chi connectivity index (χ4n) is 3.05. The zero-order chi connectivity index (χ0) is 15.1. The van der Waals surface area contributed by atoms with Gasteiger partial charge in [0.25, 0.3) is 0 Å². The molecular weight excluding hydrogens is 272 g/mol. The summed E-state index contributed by atoms with van der Waals surface area (Å²) < 4.78 is 5.35. The average molecular weight is 288 g/mol. The molecule has 0 saturated heterocycles. The molecule has 3 heteroatoms. The number of aromatic amines is 1. The van der Waals surface area contributed by atoms with Gasteiger partial charge in [0.15, 0.2) is 0 Å². The van der Waals surface area contributed by atoms with Crippen LogP contribution in [-0.2, 0) is 0 Å². The summed E-state index contributed by atoms with van der Waals surface area (Å²) in [5.74, 6) is 0.843. The van der Waals surface area contributed by atoms with Crippen LogP contribution in [0.2, 0.25) is 0 Å². The van der Waals surface area contributed by atoms with Gasteiger partial charge >= 0.3 is 0 Å². The number of hydrogen-bond acceptors (Lipinski definition) is 2. The lowest BCUT2D eigenvalue weighted by Gasteiger charge is -2.04. The van der Waals surface area contributed by atoms with Gasteiger partial charge in [-0.05, 0) is 30.7 Å². The minimum absolute atomic E-state index is 0.843. The Morgan fingerprint density at radius 2 is 1.82 bits per heavy atom. The molecule has 2 heterocycles. The van der Waals surface area contributed by atoms with Crippen LogP contribution < -0.4 is 4.74 Å². The van der Waals surface area contributed by atoms with Crippen LogP contribution in [0.5, 0.6) is 5.75 Å². The Balaban J connectivity index is 2.08. The predicted molar refractivity (Wildman–Crippen MR) is 90.3 cm³/mol. The van der Waals surface area contributed by atoms with E-state index in [2.05, 4.69) is 41.2 Å². The third kappa shape index (κ3) is 1.86. The summed E-state index contributed by atoms with van der Waals surface area (Å²) in [7, 11) is 1.68. The zero-order valence-corrected chi connectivity index (χ0v) is 12.6. The normalized spacial score (nSPS) is 11.2. The number of benzene rings is 2. The van der Waals surface area contributed by atoms with Gasteiger partial charge in [-0.15, -0.1) is 0 Å². The van der Waals surface area contributed by atoms with Gasteiger partial charge in [0.05, 0.1) is 18.1 Å². The fraction of sp³-hybridized carbons (Fsp3) is 0.105. The van der Waals surface area contributed by atoms with Crippen LogP contribution in [0.4, 0.5) is 0 Å². The Hall–Kier alpha value is -2.81. The van der Waals surface area contributed by atoms with Gasteiger partial charge < -0.3 is 9.72 Å². The molecule has 0 aliphatic rings. The highest BCUT2D eigenvalue weighted by atomic mass is 16.5. The van der Waals surface area contributed by atoms with E-state index in [1.165, 1.54) is 11.1 Å². The number of ether oxygens (including phenoxy) is 1. The van der Waals surface area contributed by atoms with Crippen LogP contribution in [0.1, 0.15) is 5.69 Å². The molecule has 0 aliphatic carbocycles. The number of rotatable bonds is 2. The average Bonchev–Trinajstić information content (AvgIpc) is 2.91. The Labute approximate surface area is 128 Å². The highest BCUT2D eigenvalue weighted by Crippen LogP contribution is 2.35. The Morgan fingerprint density at radius 1 is 1.00 bits per heavy atom. The molecule has 1 N–H and O–H groups in total. The van der Waals surface area contributed by atoms with Gasteiger partial charge in [0, 0.05) is 28.2 Å². The number of aromatic nitrogens is 2. The minimum Gasteiger partial charge on any atom is -0.497 e. The number of methoxy groups -OCH3 is 1. The Kier molecular flexibility index (Phi) is 2.86. The van der Waals surface area contributed by atoms with E-state index in [9.17, 15) is 0 Å². The summed E-state index contributed by atoms with van der Waals surface area (Å²) in [6.07, 6.45) is 1.95. The van der Waals surface area contributed by atoms with Gasteiger partial charge in [-0.2, -0.15) is 0 Å². The first kappa shape index (κ1) is 12.9. The number of hydrogen-bond donors (Lipinski definition) is 1. The first-order valence-electron chi connectivity index (χ1n) is 7.28. The van der Waals surface area contributed by atoms with Gasteiger partial charge in [-0.25, -0.2) is 0 Å². The van der Waals surface area contributed by atoms with E-state index in [0.29, 0.717) is 0 Å². The summed E-state index contributed by atoms with van der Waals surface area (Å²) in [5, 5.41) is 2.23. The highest BCUT2D eigenvalue weighted by Gasteiger charge is 2.13. The molecule has 0 radical (unpaired) electrons. The van der Waals surface area contributed by atoms with Crippen LogP contribution in [0.25, 0.3) is 32.9 Å². The molecule has 4 aromatic rings. The van der Waals surface area contributed by atoms with Crippen molar-refractivity contribution in [3.8, 4) is 16.9 Å². The highest BCUT2D eigenvalue weighted by molar-refractivity contribution is 6.10. The largest absolute Gasteiger partial charge is 0.497 e. The summed E-state index contributed by atoms with van der Waals surface area (Å²) in [6, 6.07) is 16.4. The van der Waals surface area contributed by atoms with Gasteiger partial charge in [0.2, 0.25) is 0 Å².